The summed E-state index contributed by atoms with van der Waals surface area (Å²) in [6.45, 7) is 6.96. The van der Waals surface area contributed by atoms with Gasteiger partial charge in [-0.3, -0.25) is 14.9 Å². The Morgan fingerprint density at radius 3 is 2.71 bits per heavy atom. The fourth-order valence-electron chi connectivity index (χ4n) is 3.01. The molecule has 1 aromatic carbocycles. The molecule has 28 heavy (non-hydrogen) atoms. The molecule has 1 unspecified atom stereocenters. The quantitative estimate of drug-likeness (QED) is 0.286. The van der Waals surface area contributed by atoms with Crippen LogP contribution in [-0.4, -0.2) is 54.3 Å². The van der Waals surface area contributed by atoms with Crippen LogP contribution in [0.1, 0.15) is 30.1 Å². The third-order valence-electron chi connectivity index (χ3n) is 4.68. The highest BCUT2D eigenvalue weighted by Crippen LogP contribution is 2.32. The molecule has 2 rings (SSSR count). The van der Waals surface area contributed by atoms with Crippen LogP contribution < -0.4 is 10.2 Å². The predicted octanol–water partition coefficient (Wildman–Crippen LogP) is 2.22. The van der Waals surface area contributed by atoms with E-state index in [0.29, 0.717) is 11.6 Å². The number of aliphatic carboxylic acids is 1. The van der Waals surface area contributed by atoms with Gasteiger partial charge < -0.3 is 20.1 Å². The molecule has 2 N–H and O–H groups in total. The van der Waals surface area contributed by atoms with Gasteiger partial charge in [0, 0.05) is 24.7 Å². The lowest BCUT2D eigenvalue weighted by Crippen LogP contribution is -2.44. The van der Waals surface area contributed by atoms with Crippen molar-refractivity contribution < 1.29 is 24.4 Å². The van der Waals surface area contributed by atoms with Crippen LogP contribution in [0.15, 0.2) is 30.9 Å². The van der Waals surface area contributed by atoms with Gasteiger partial charge in [-0.05, 0) is 30.9 Å². The van der Waals surface area contributed by atoms with Crippen molar-refractivity contribution in [3.8, 4) is 0 Å². The van der Waals surface area contributed by atoms with E-state index in [4.69, 9.17) is 4.74 Å². The zero-order valence-corrected chi connectivity index (χ0v) is 15.8. The summed E-state index contributed by atoms with van der Waals surface area (Å²) in [5.74, 6) is -1.39. The van der Waals surface area contributed by atoms with Crippen molar-refractivity contribution in [2.75, 3.05) is 31.2 Å². The Morgan fingerprint density at radius 1 is 1.46 bits per heavy atom. The lowest BCUT2D eigenvalue weighted by Gasteiger charge is -2.31. The Balaban J connectivity index is 2.17. The van der Waals surface area contributed by atoms with Crippen LogP contribution in [-0.2, 0) is 9.53 Å². The molecule has 9 nitrogen and oxygen atoms in total. The van der Waals surface area contributed by atoms with Gasteiger partial charge in [-0.25, -0.2) is 4.79 Å². The molecule has 1 heterocycles. The van der Waals surface area contributed by atoms with Crippen LogP contribution in [0.25, 0.3) is 0 Å². The Bertz CT molecular complexity index is 743. The van der Waals surface area contributed by atoms with Gasteiger partial charge in [0.05, 0.1) is 18.1 Å². The van der Waals surface area contributed by atoms with Crippen LogP contribution in [0.5, 0.6) is 0 Å². The van der Waals surface area contributed by atoms with E-state index in [-0.39, 0.29) is 24.5 Å². The number of carbonyl (C=O) groups is 2. The fourth-order valence-corrected chi connectivity index (χ4v) is 3.01. The number of hydrogen-bond acceptors (Lipinski definition) is 6. The van der Waals surface area contributed by atoms with Crippen LogP contribution in [0.2, 0.25) is 0 Å². The molecule has 1 aliphatic heterocycles. The summed E-state index contributed by atoms with van der Waals surface area (Å²) >= 11 is 0. The summed E-state index contributed by atoms with van der Waals surface area (Å²) in [5, 5.41) is 23.1. The standard InChI is InChI=1S/C19H25N3O6/c1-3-10-28-12-15(19(24)25)20-18(23)14-4-5-16(17(11-14)22(26)27)21-8-6-13(2)7-9-21/h3-5,11,13,15H,1,6-10,12H2,2H3,(H,20,23)(H,24,25). The van der Waals surface area contributed by atoms with Crippen molar-refractivity contribution in [1.82, 2.24) is 5.32 Å². The number of carboxylic acid groups (broad SMARTS) is 1. The van der Waals surface area contributed by atoms with E-state index in [0.717, 1.165) is 25.9 Å². The topological polar surface area (TPSA) is 122 Å². The lowest BCUT2D eigenvalue weighted by molar-refractivity contribution is -0.384. The number of nitrogens with one attached hydrogen (secondary N) is 1. The number of nitro benzene ring substituents is 1. The number of nitrogens with zero attached hydrogens (tertiary/aromatic N) is 2. The molecule has 152 valence electrons. The normalized spacial score (nSPS) is 15.7. The summed E-state index contributed by atoms with van der Waals surface area (Å²) in [5.41, 5.74) is 0.324. The van der Waals surface area contributed by atoms with Gasteiger partial charge >= 0.3 is 5.97 Å². The minimum absolute atomic E-state index is 0.0239. The molecule has 0 saturated carbocycles. The molecule has 1 atom stereocenters. The maximum Gasteiger partial charge on any atom is 0.328 e. The number of rotatable bonds is 9. The highest BCUT2D eigenvalue weighted by molar-refractivity contribution is 5.98. The first kappa shape index (κ1) is 21.4. The number of anilines is 1. The molecule has 0 bridgehead atoms. The zero-order valence-electron chi connectivity index (χ0n) is 15.8. The number of piperidine rings is 1. The average molecular weight is 391 g/mol. The number of carboxylic acids is 1. The van der Waals surface area contributed by atoms with E-state index in [1.54, 1.807) is 6.07 Å². The molecule has 1 fully saturated rings. The van der Waals surface area contributed by atoms with Crippen molar-refractivity contribution in [2.45, 2.75) is 25.8 Å². The van der Waals surface area contributed by atoms with Crippen molar-refractivity contribution >= 4 is 23.3 Å². The van der Waals surface area contributed by atoms with Gasteiger partial charge in [0.1, 0.15) is 5.69 Å². The van der Waals surface area contributed by atoms with Gasteiger partial charge in [-0.15, -0.1) is 6.58 Å². The second kappa shape index (κ2) is 9.84. The largest absolute Gasteiger partial charge is 0.480 e. The Labute approximate surface area is 163 Å². The molecular weight excluding hydrogens is 366 g/mol. The number of amides is 1. The van der Waals surface area contributed by atoms with Crippen LogP contribution >= 0.6 is 0 Å². The minimum atomic E-state index is -1.27. The molecule has 0 aromatic heterocycles. The molecule has 0 spiro atoms. The van der Waals surface area contributed by atoms with Crippen LogP contribution in [0, 0.1) is 16.0 Å². The molecular formula is C19H25N3O6. The summed E-state index contributed by atoms with van der Waals surface area (Å²) < 4.78 is 5.08. The van der Waals surface area contributed by atoms with E-state index in [1.807, 2.05) is 4.90 Å². The average Bonchev–Trinajstić information content (AvgIpc) is 2.67. The number of ether oxygens (including phenoxy) is 1. The highest BCUT2D eigenvalue weighted by Gasteiger charge is 2.26. The number of benzene rings is 1. The summed E-state index contributed by atoms with van der Waals surface area (Å²) in [4.78, 5) is 36.7. The van der Waals surface area contributed by atoms with Crippen LogP contribution in [0.3, 0.4) is 0 Å². The molecule has 0 aliphatic carbocycles. The molecule has 9 heteroatoms. The summed E-state index contributed by atoms with van der Waals surface area (Å²) in [6, 6.07) is 2.94. The van der Waals surface area contributed by atoms with E-state index in [2.05, 4.69) is 18.8 Å². The Hall–Kier alpha value is -2.94. The SMILES string of the molecule is C=CCOCC(NC(=O)c1ccc(N2CCC(C)CC2)c([N+](=O)[O-])c1)C(=O)O. The monoisotopic (exact) mass is 391 g/mol. The van der Waals surface area contributed by atoms with Crippen LogP contribution in [0.4, 0.5) is 11.4 Å². The molecule has 1 amide bonds. The van der Waals surface area contributed by atoms with E-state index in [9.17, 15) is 24.8 Å². The summed E-state index contributed by atoms with van der Waals surface area (Å²) in [7, 11) is 0. The third-order valence-corrected chi connectivity index (χ3v) is 4.68. The van der Waals surface area contributed by atoms with Crippen molar-refractivity contribution in [1.29, 1.82) is 0 Å². The Morgan fingerprint density at radius 2 is 2.14 bits per heavy atom. The first-order chi connectivity index (χ1) is 13.3. The van der Waals surface area contributed by atoms with Crippen molar-refractivity contribution in [3.63, 3.8) is 0 Å². The second-order valence-electron chi connectivity index (χ2n) is 6.82. The Kier molecular flexibility index (Phi) is 7.51. The predicted molar refractivity (Wildman–Crippen MR) is 104 cm³/mol. The van der Waals surface area contributed by atoms with E-state index >= 15 is 0 Å². The second-order valence-corrected chi connectivity index (χ2v) is 6.82. The molecule has 1 saturated heterocycles. The fraction of sp³-hybridized carbons (Fsp3) is 0.474. The first-order valence-corrected chi connectivity index (χ1v) is 9.09. The smallest absolute Gasteiger partial charge is 0.328 e. The molecule has 1 aliphatic rings. The molecule has 1 aromatic rings. The minimum Gasteiger partial charge on any atom is -0.480 e. The van der Waals surface area contributed by atoms with Gasteiger partial charge in [-0.1, -0.05) is 13.0 Å². The van der Waals surface area contributed by atoms with Crippen molar-refractivity contribution in [3.05, 3.63) is 46.5 Å². The third kappa shape index (κ3) is 5.53. The maximum absolute atomic E-state index is 12.4. The maximum atomic E-state index is 12.4. The zero-order chi connectivity index (χ0) is 20.7. The lowest BCUT2D eigenvalue weighted by atomic mass is 9.98. The molecule has 0 radical (unpaired) electrons. The van der Waals surface area contributed by atoms with Gasteiger partial charge in [0.25, 0.3) is 11.6 Å². The van der Waals surface area contributed by atoms with E-state index in [1.165, 1.54) is 18.2 Å². The number of carbonyl (C=O) groups excluding carboxylic acids is 1. The number of nitro groups is 1. The van der Waals surface area contributed by atoms with Crippen molar-refractivity contribution in [2.24, 2.45) is 5.92 Å². The van der Waals surface area contributed by atoms with E-state index < -0.39 is 22.8 Å². The summed E-state index contributed by atoms with van der Waals surface area (Å²) in [6.07, 6.45) is 3.36. The van der Waals surface area contributed by atoms with Gasteiger partial charge in [0.15, 0.2) is 6.04 Å². The first-order valence-electron chi connectivity index (χ1n) is 9.09. The highest BCUT2D eigenvalue weighted by atomic mass is 16.6. The number of hydrogen-bond donors (Lipinski definition) is 2. The van der Waals surface area contributed by atoms with Gasteiger partial charge in [-0.2, -0.15) is 0 Å². The van der Waals surface area contributed by atoms with Gasteiger partial charge in [0.2, 0.25) is 0 Å².